The molecular formula is C22H30N2O5S. The first-order valence-electron chi connectivity index (χ1n) is 9.82. The van der Waals surface area contributed by atoms with E-state index >= 15 is 0 Å². The number of rotatable bonds is 12. The zero-order chi connectivity index (χ0) is 22.0. The molecule has 0 radical (unpaired) electrons. The van der Waals surface area contributed by atoms with E-state index in [0.29, 0.717) is 37.6 Å². The fourth-order valence-corrected chi connectivity index (χ4v) is 3.92. The van der Waals surface area contributed by atoms with Crippen LogP contribution in [0.5, 0.6) is 5.75 Å². The van der Waals surface area contributed by atoms with Gasteiger partial charge >= 0.3 is 0 Å². The van der Waals surface area contributed by atoms with E-state index in [1.165, 1.54) is 11.4 Å². The van der Waals surface area contributed by atoms with Crippen LogP contribution in [0.2, 0.25) is 0 Å². The first-order chi connectivity index (χ1) is 14.3. The van der Waals surface area contributed by atoms with Crippen molar-refractivity contribution in [2.24, 2.45) is 0 Å². The number of anilines is 1. The molecule has 0 fully saturated rings. The number of amides is 1. The quantitative estimate of drug-likeness (QED) is 0.519. The number of benzene rings is 2. The number of ether oxygens (including phenoxy) is 2. The van der Waals surface area contributed by atoms with Gasteiger partial charge in [0.25, 0.3) is 0 Å². The van der Waals surface area contributed by atoms with Gasteiger partial charge in [0, 0.05) is 19.5 Å². The van der Waals surface area contributed by atoms with Crippen LogP contribution in [-0.2, 0) is 26.2 Å². The first kappa shape index (κ1) is 23.7. The number of methoxy groups -OCH3 is 1. The van der Waals surface area contributed by atoms with Crippen molar-refractivity contribution < 1.29 is 22.7 Å². The predicted molar refractivity (Wildman–Crippen MR) is 118 cm³/mol. The van der Waals surface area contributed by atoms with Gasteiger partial charge in [-0.1, -0.05) is 36.4 Å². The molecule has 2 rings (SSSR count). The minimum atomic E-state index is -3.51. The highest BCUT2D eigenvalue weighted by atomic mass is 32.2. The molecule has 1 amide bonds. The molecule has 0 unspecified atom stereocenters. The van der Waals surface area contributed by atoms with Gasteiger partial charge in [0.05, 0.1) is 32.3 Å². The van der Waals surface area contributed by atoms with Crippen LogP contribution in [0.25, 0.3) is 0 Å². The number of sulfonamides is 1. The second kappa shape index (κ2) is 11.6. The van der Waals surface area contributed by atoms with Gasteiger partial charge < -0.3 is 14.8 Å². The van der Waals surface area contributed by atoms with Crippen molar-refractivity contribution >= 4 is 21.6 Å². The molecule has 2 aromatic carbocycles. The maximum atomic E-state index is 12.3. The standard InChI is InChI=1S/C22H30N2O5S/c1-18-11-12-21(28-2)20(16-18)24(30(3,26)27)14-7-10-22(25)23-13-15-29-17-19-8-5-4-6-9-19/h4-6,8-9,11-12,16H,7,10,13-15,17H2,1-3H3,(H,23,25). The molecule has 2 aromatic rings. The fourth-order valence-electron chi connectivity index (χ4n) is 2.96. The third kappa shape index (κ3) is 7.68. The van der Waals surface area contributed by atoms with Crippen LogP contribution in [0.3, 0.4) is 0 Å². The summed E-state index contributed by atoms with van der Waals surface area (Å²) in [5, 5.41) is 2.80. The third-order valence-corrected chi connectivity index (χ3v) is 5.63. The maximum Gasteiger partial charge on any atom is 0.232 e. The molecule has 0 heterocycles. The van der Waals surface area contributed by atoms with Crippen LogP contribution < -0.4 is 14.4 Å². The van der Waals surface area contributed by atoms with E-state index < -0.39 is 10.0 Å². The summed E-state index contributed by atoms with van der Waals surface area (Å²) in [7, 11) is -2.01. The van der Waals surface area contributed by atoms with E-state index in [1.807, 2.05) is 43.3 Å². The first-order valence-corrected chi connectivity index (χ1v) is 11.7. The van der Waals surface area contributed by atoms with Crippen LogP contribution in [0.1, 0.15) is 24.0 Å². The van der Waals surface area contributed by atoms with Crippen molar-refractivity contribution in [3.8, 4) is 5.75 Å². The van der Waals surface area contributed by atoms with E-state index in [-0.39, 0.29) is 18.9 Å². The molecule has 0 bridgehead atoms. The molecule has 0 saturated heterocycles. The summed E-state index contributed by atoms with van der Waals surface area (Å²) in [6, 6.07) is 15.2. The summed E-state index contributed by atoms with van der Waals surface area (Å²) in [5.74, 6) is 0.342. The molecule has 0 saturated carbocycles. The van der Waals surface area contributed by atoms with Gasteiger partial charge in [-0.25, -0.2) is 8.42 Å². The smallest absolute Gasteiger partial charge is 0.232 e. The van der Waals surface area contributed by atoms with Gasteiger partial charge in [0.2, 0.25) is 15.9 Å². The van der Waals surface area contributed by atoms with E-state index in [1.54, 1.807) is 12.1 Å². The van der Waals surface area contributed by atoms with Crippen LogP contribution >= 0.6 is 0 Å². The molecule has 0 aliphatic rings. The summed E-state index contributed by atoms with van der Waals surface area (Å²) < 4.78 is 36.7. The van der Waals surface area contributed by atoms with Gasteiger partial charge in [-0.3, -0.25) is 9.10 Å². The Kier molecular flexibility index (Phi) is 9.14. The molecule has 0 atom stereocenters. The molecule has 8 heteroatoms. The Morgan fingerprint density at radius 3 is 2.53 bits per heavy atom. The van der Waals surface area contributed by atoms with E-state index in [9.17, 15) is 13.2 Å². The average molecular weight is 435 g/mol. The molecule has 0 aliphatic carbocycles. The van der Waals surface area contributed by atoms with Crippen molar-refractivity contribution in [3.63, 3.8) is 0 Å². The van der Waals surface area contributed by atoms with Gasteiger partial charge in [-0.05, 0) is 36.6 Å². The lowest BCUT2D eigenvalue weighted by Gasteiger charge is -2.24. The Bertz CT molecular complexity index is 916. The normalized spacial score (nSPS) is 11.2. The summed E-state index contributed by atoms with van der Waals surface area (Å²) in [6.45, 7) is 3.40. The van der Waals surface area contributed by atoms with Crippen LogP contribution in [-0.4, -0.2) is 47.4 Å². The molecule has 0 aliphatic heterocycles. The molecular weight excluding hydrogens is 404 g/mol. The average Bonchev–Trinajstić information content (AvgIpc) is 2.71. The zero-order valence-electron chi connectivity index (χ0n) is 17.8. The van der Waals surface area contributed by atoms with Crippen molar-refractivity contribution in [1.82, 2.24) is 5.32 Å². The number of carbonyl (C=O) groups excluding carboxylic acids is 1. The summed E-state index contributed by atoms with van der Waals surface area (Å²) in [5.41, 5.74) is 2.48. The Morgan fingerprint density at radius 1 is 1.13 bits per heavy atom. The minimum absolute atomic E-state index is 0.136. The van der Waals surface area contributed by atoms with E-state index in [2.05, 4.69) is 5.32 Å². The number of nitrogens with one attached hydrogen (secondary N) is 1. The predicted octanol–water partition coefficient (Wildman–Crippen LogP) is 2.88. The molecule has 1 N–H and O–H groups in total. The largest absolute Gasteiger partial charge is 0.495 e. The molecule has 7 nitrogen and oxygen atoms in total. The van der Waals surface area contributed by atoms with Crippen LogP contribution in [0.15, 0.2) is 48.5 Å². The highest BCUT2D eigenvalue weighted by Gasteiger charge is 2.21. The Balaban J connectivity index is 1.78. The molecule has 0 spiro atoms. The van der Waals surface area contributed by atoms with Crippen molar-refractivity contribution in [2.45, 2.75) is 26.4 Å². The Morgan fingerprint density at radius 2 is 1.87 bits per heavy atom. The second-order valence-electron chi connectivity index (χ2n) is 7.00. The SMILES string of the molecule is COc1ccc(C)cc1N(CCCC(=O)NCCOCc1ccccc1)S(C)(=O)=O. The maximum absolute atomic E-state index is 12.3. The van der Waals surface area contributed by atoms with Gasteiger partial charge in [-0.2, -0.15) is 0 Å². The van der Waals surface area contributed by atoms with Gasteiger partial charge in [0.15, 0.2) is 0 Å². The zero-order valence-corrected chi connectivity index (χ0v) is 18.6. The number of hydrogen-bond donors (Lipinski definition) is 1. The Labute approximate surface area is 179 Å². The van der Waals surface area contributed by atoms with Gasteiger partial charge in [0.1, 0.15) is 5.75 Å². The van der Waals surface area contributed by atoms with E-state index in [4.69, 9.17) is 9.47 Å². The summed E-state index contributed by atoms with van der Waals surface area (Å²) in [6.07, 6.45) is 1.76. The Hall–Kier alpha value is -2.58. The van der Waals surface area contributed by atoms with Crippen LogP contribution in [0.4, 0.5) is 5.69 Å². The summed E-state index contributed by atoms with van der Waals surface area (Å²) >= 11 is 0. The fraction of sp³-hybridized carbons (Fsp3) is 0.409. The lowest BCUT2D eigenvalue weighted by Crippen LogP contribution is -2.33. The van der Waals surface area contributed by atoms with Crippen molar-refractivity contribution in [3.05, 3.63) is 59.7 Å². The number of hydrogen-bond acceptors (Lipinski definition) is 5. The lowest BCUT2D eigenvalue weighted by molar-refractivity contribution is -0.121. The second-order valence-corrected chi connectivity index (χ2v) is 8.91. The highest BCUT2D eigenvalue weighted by Crippen LogP contribution is 2.31. The number of nitrogens with zero attached hydrogens (tertiary/aromatic N) is 1. The number of aryl methyl sites for hydroxylation is 1. The topological polar surface area (TPSA) is 84.9 Å². The monoisotopic (exact) mass is 434 g/mol. The highest BCUT2D eigenvalue weighted by molar-refractivity contribution is 7.92. The molecule has 30 heavy (non-hydrogen) atoms. The van der Waals surface area contributed by atoms with Crippen molar-refractivity contribution in [2.75, 3.05) is 37.4 Å². The molecule has 164 valence electrons. The minimum Gasteiger partial charge on any atom is -0.495 e. The molecule has 0 aromatic heterocycles. The van der Waals surface area contributed by atoms with Crippen molar-refractivity contribution in [1.29, 1.82) is 0 Å². The lowest BCUT2D eigenvalue weighted by atomic mass is 10.2. The summed E-state index contributed by atoms with van der Waals surface area (Å²) in [4.78, 5) is 12.1. The number of carbonyl (C=O) groups is 1. The van der Waals surface area contributed by atoms with Gasteiger partial charge in [-0.15, -0.1) is 0 Å². The third-order valence-electron chi connectivity index (χ3n) is 4.45. The van der Waals surface area contributed by atoms with E-state index in [0.717, 1.165) is 17.4 Å². The van der Waals surface area contributed by atoms with Crippen LogP contribution in [0, 0.1) is 6.92 Å².